The molecule has 0 aliphatic heterocycles. The zero-order chi connectivity index (χ0) is 16.3. The molecule has 0 bridgehead atoms. The predicted octanol–water partition coefficient (Wildman–Crippen LogP) is 0.947. The molecule has 0 radical (unpaired) electrons. The molecule has 1 aromatic carbocycles. The van der Waals surface area contributed by atoms with Gasteiger partial charge in [-0.25, -0.2) is 9.97 Å². The number of rotatable bonds is 10. The zero-order valence-corrected chi connectivity index (χ0v) is 13.0. The van der Waals surface area contributed by atoms with Crippen molar-refractivity contribution in [1.82, 2.24) is 15.3 Å². The third-order valence-electron chi connectivity index (χ3n) is 3.22. The van der Waals surface area contributed by atoms with Gasteiger partial charge in [-0.15, -0.1) is 0 Å². The Kier molecular flexibility index (Phi) is 7.22. The Bertz CT molecular complexity index is 616. The lowest BCUT2D eigenvalue weighted by Gasteiger charge is -2.08. The van der Waals surface area contributed by atoms with E-state index in [-0.39, 0.29) is 12.5 Å². The number of carbonyl (C=O) groups is 1. The normalized spacial score (nSPS) is 10.7. The molecule has 0 atom stereocenters. The number of aromatic nitrogens is 2. The molecule has 0 spiro atoms. The molecule has 0 aliphatic rings. The highest BCUT2D eigenvalue weighted by molar-refractivity contribution is 5.88. The predicted molar refractivity (Wildman–Crippen MR) is 88.2 cm³/mol. The van der Waals surface area contributed by atoms with Gasteiger partial charge in [0.15, 0.2) is 0 Å². The molecule has 3 N–H and O–H groups in total. The van der Waals surface area contributed by atoms with Crippen LogP contribution in [0.25, 0.3) is 10.9 Å². The molecule has 7 nitrogen and oxygen atoms in total. The summed E-state index contributed by atoms with van der Waals surface area (Å²) >= 11 is 0. The maximum absolute atomic E-state index is 11.6. The van der Waals surface area contributed by atoms with E-state index in [4.69, 9.17) is 9.84 Å². The molecule has 0 saturated heterocycles. The van der Waals surface area contributed by atoms with Gasteiger partial charge < -0.3 is 20.5 Å². The highest BCUT2D eigenvalue weighted by Crippen LogP contribution is 2.18. The Hall–Kier alpha value is -2.25. The van der Waals surface area contributed by atoms with Crippen molar-refractivity contribution in [2.75, 3.05) is 38.2 Å². The van der Waals surface area contributed by atoms with E-state index < -0.39 is 0 Å². The van der Waals surface area contributed by atoms with Gasteiger partial charge in [0.1, 0.15) is 12.1 Å². The second-order valence-corrected chi connectivity index (χ2v) is 4.96. The molecule has 23 heavy (non-hydrogen) atoms. The van der Waals surface area contributed by atoms with E-state index in [1.165, 1.54) is 6.33 Å². The minimum atomic E-state index is -0.00746. The number of ether oxygens (including phenoxy) is 1. The minimum Gasteiger partial charge on any atom is -0.394 e. The van der Waals surface area contributed by atoms with E-state index in [2.05, 4.69) is 20.6 Å². The Balaban J connectivity index is 1.66. The number of para-hydroxylation sites is 1. The molecule has 0 fully saturated rings. The summed E-state index contributed by atoms with van der Waals surface area (Å²) in [6.07, 6.45) is 2.68. The first-order chi connectivity index (χ1) is 11.3. The number of hydrogen-bond donors (Lipinski definition) is 3. The van der Waals surface area contributed by atoms with Crippen LogP contribution in [0.1, 0.15) is 12.8 Å². The highest BCUT2D eigenvalue weighted by atomic mass is 16.5. The number of amides is 1. The molecule has 0 aliphatic carbocycles. The van der Waals surface area contributed by atoms with Crippen molar-refractivity contribution in [3.8, 4) is 0 Å². The fourth-order valence-corrected chi connectivity index (χ4v) is 2.12. The van der Waals surface area contributed by atoms with Gasteiger partial charge in [-0.3, -0.25) is 4.79 Å². The fraction of sp³-hybridized carbons (Fsp3) is 0.438. The lowest BCUT2D eigenvalue weighted by atomic mass is 10.2. The summed E-state index contributed by atoms with van der Waals surface area (Å²) in [5.74, 6) is 0.778. The Labute approximate surface area is 135 Å². The van der Waals surface area contributed by atoms with Crippen LogP contribution in [-0.4, -0.2) is 53.9 Å². The van der Waals surface area contributed by atoms with Crippen LogP contribution in [0, 0.1) is 0 Å². The molecule has 2 aromatic rings. The van der Waals surface area contributed by atoms with Crippen LogP contribution in [-0.2, 0) is 9.53 Å². The van der Waals surface area contributed by atoms with Crippen molar-refractivity contribution in [1.29, 1.82) is 0 Å². The molecule has 124 valence electrons. The summed E-state index contributed by atoms with van der Waals surface area (Å²) in [5.41, 5.74) is 0.894. The molecular formula is C16H22N4O3. The van der Waals surface area contributed by atoms with Crippen LogP contribution >= 0.6 is 0 Å². The summed E-state index contributed by atoms with van der Waals surface area (Å²) in [4.78, 5) is 20.1. The Morgan fingerprint density at radius 1 is 1.17 bits per heavy atom. The fourth-order valence-electron chi connectivity index (χ4n) is 2.12. The number of nitrogens with zero attached hydrogens (tertiary/aromatic N) is 2. The third kappa shape index (κ3) is 5.80. The second-order valence-electron chi connectivity index (χ2n) is 4.96. The Morgan fingerprint density at radius 3 is 2.91 bits per heavy atom. The molecule has 7 heteroatoms. The van der Waals surface area contributed by atoms with Crippen molar-refractivity contribution in [3.63, 3.8) is 0 Å². The maximum Gasteiger partial charge on any atom is 0.220 e. The van der Waals surface area contributed by atoms with Crippen molar-refractivity contribution in [2.45, 2.75) is 12.8 Å². The van der Waals surface area contributed by atoms with Crippen molar-refractivity contribution < 1.29 is 14.6 Å². The van der Waals surface area contributed by atoms with E-state index in [0.29, 0.717) is 39.1 Å². The minimum absolute atomic E-state index is 0.00264. The van der Waals surface area contributed by atoms with E-state index in [0.717, 1.165) is 16.7 Å². The summed E-state index contributed by atoms with van der Waals surface area (Å²) in [7, 11) is 0. The van der Waals surface area contributed by atoms with Crippen LogP contribution in [0.3, 0.4) is 0 Å². The summed E-state index contributed by atoms with van der Waals surface area (Å²) in [6, 6.07) is 7.79. The number of hydrogen-bond acceptors (Lipinski definition) is 6. The van der Waals surface area contributed by atoms with Crippen molar-refractivity contribution in [2.24, 2.45) is 0 Å². The number of aliphatic hydroxyl groups excluding tert-OH is 1. The first kappa shape index (κ1) is 17.1. The summed E-state index contributed by atoms with van der Waals surface area (Å²) < 4.78 is 5.07. The van der Waals surface area contributed by atoms with Gasteiger partial charge in [0.25, 0.3) is 0 Å². The van der Waals surface area contributed by atoms with Gasteiger partial charge in [-0.2, -0.15) is 0 Å². The lowest BCUT2D eigenvalue weighted by Crippen LogP contribution is -2.27. The monoisotopic (exact) mass is 318 g/mol. The van der Waals surface area contributed by atoms with E-state index in [9.17, 15) is 4.79 Å². The largest absolute Gasteiger partial charge is 0.394 e. The number of anilines is 1. The molecule has 0 saturated carbocycles. The van der Waals surface area contributed by atoms with Crippen LogP contribution in [0.15, 0.2) is 30.6 Å². The average Bonchev–Trinajstić information content (AvgIpc) is 2.58. The number of fused-ring (bicyclic) bond motifs is 1. The standard InChI is InChI=1S/C16H22N4O3/c21-9-11-23-10-8-17-15(22)6-3-7-18-16-13-4-1-2-5-14(13)19-12-20-16/h1-2,4-5,12,21H,3,6-11H2,(H,17,22)(H,18,19,20). The molecular weight excluding hydrogens is 296 g/mol. The van der Waals surface area contributed by atoms with Gasteiger partial charge in [0.2, 0.25) is 5.91 Å². The molecule has 1 amide bonds. The van der Waals surface area contributed by atoms with Crippen molar-refractivity contribution >= 4 is 22.6 Å². The topological polar surface area (TPSA) is 96.4 Å². The van der Waals surface area contributed by atoms with Crippen LogP contribution in [0.4, 0.5) is 5.82 Å². The van der Waals surface area contributed by atoms with Gasteiger partial charge in [0, 0.05) is 24.9 Å². The summed E-state index contributed by atoms with van der Waals surface area (Å²) in [6.45, 7) is 1.83. The van der Waals surface area contributed by atoms with E-state index >= 15 is 0 Å². The second kappa shape index (κ2) is 9.70. The first-order valence-corrected chi connectivity index (χ1v) is 7.70. The third-order valence-corrected chi connectivity index (χ3v) is 3.22. The van der Waals surface area contributed by atoms with Gasteiger partial charge in [-0.05, 0) is 18.6 Å². The van der Waals surface area contributed by atoms with Gasteiger partial charge in [-0.1, -0.05) is 12.1 Å². The lowest BCUT2D eigenvalue weighted by molar-refractivity contribution is -0.121. The number of aliphatic hydroxyl groups is 1. The van der Waals surface area contributed by atoms with Gasteiger partial charge >= 0.3 is 0 Å². The average molecular weight is 318 g/mol. The van der Waals surface area contributed by atoms with Gasteiger partial charge in [0.05, 0.1) is 25.3 Å². The molecule has 0 unspecified atom stereocenters. The molecule has 1 aromatic heterocycles. The molecule has 2 rings (SSSR count). The maximum atomic E-state index is 11.6. The van der Waals surface area contributed by atoms with Crippen LogP contribution in [0.2, 0.25) is 0 Å². The first-order valence-electron chi connectivity index (χ1n) is 7.70. The number of benzene rings is 1. The summed E-state index contributed by atoms with van der Waals surface area (Å²) in [5, 5.41) is 15.5. The number of carbonyl (C=O) groups excluding carboxylic acids is 1. The Morgan fingerprint density at radius 2 is 2.04 bits per heavy atom. The van der Waals surface area contributed by atoms with Crippen molar-refractivity contribution in [3.05, 3.63) is 30.6 Å². The zero-order valence-electron chi connectivity index (χ0n) is 13.0. The van der Waals surface area contributed by atoms with Crippen LogP contribution in [0.5, 0.6) is 0 Å². The quantitative estimate of drug-likeness (QED) is 0.564. The highest BCUT2D eigenvalue weighted by Gasteiger charge is 2.03. The van der Waals surface area contributed by atoms with E-state index in [1.807, 2.05) is 24.3 Å². The number of nitrogens with one attached hydrogen (secondary N) is 2. The smallest absolute Gasteiger partial charge is 0.220 e. The SMILES string of the molecule is O=C(CCCNc1ncnc2ccccc12)NCCOCCO. The van der Waals surface area contributed by atoms with Crippen LogP contribution < -0.4 is 10.6 Å². The molecule has 1 heterocycles. The van der Waals surface area contributed by atoms with E-state index in [1.54, 1.807) is 0 Å².